The summed E-state index contributed by atoms with van der Waals surface area (Å²) in [4.78, 5) is 24.8. The Labute approximate surface area is 261 Å². The molecule has 0 spiro atoms. The highest BCUT2D eigenvalue weighted by Gasteiger charge is 2.32. The molecule has 0 atom stereocenters. The van der Waals surface area contributed by atoms with Gasteiger partial charge in [-0.05, 0) is 104 Å². The predicted molar refractivity (Wildman–Crippen MR) is 174 cm³/mol. The number of piperidine rings is 1. The summed E-state index contributed by atoms with van der Waals surface area (Å²) in [7, 11) is 0. The smallest absolute Gasteiger partial charge is 0.307 e. The molecule has 2 aromatic carbocycles. The fraction of sp³-hybridized carbons (Fsp3) is 0.514. The van der Waals surface area contributed by atoms with Gasteiger partial charge in [-0.15, -0.1) is 0 Å². The largest absolute Gasteiger partial charge is 0.481 e. The molecule has 0 amide bonds. The van der Waals surface area contributed by atoms with E-state index in [1.807, 2.05) is 19.9 Å². The summed E-state index contributed by atoms with van der Waals surface area (Å²) in [6.45, 7) is 16.1. The van der Waals surface area contributed by atoms with Gasteiger partial charge in [0.15, 0.2) is 0 Å². The number of carboxylic acid groups (broad SMARTS) is 1. The van der Waals surface area contributed by atoms with Gasteiger partial charge in [0.05, 0.1) is 17.8 Å². The molecule has 0 aliphatic carbocycles. The number of carbonyl (C=O) groups is 1. The maximum Gasteiger partial charge on any atom is 0.307 e. The number of aryl methyl sites for hydroxylation is 2. The van der Waals surface area contributed by atoms with E-state index < -0.39 is 5.97 Å². The number of pyridine rings is 1. The van der Waals surface area contributed by atoms with Crippen molar-refractivity contribution < 1.29 is 14.3 Å². The molecule has 0 bridgehead atoms. The van der Waals surface area contributed by atoms with Crippen molar-refractivity contribution in [3.8, 4) is 11.1 Å². The van der Waals surface area contributed by atoms with Crippen LogP contribution < -0.4 is 4.90 Å². The topological polar surface area (TPSA) is 59.9 Å². The van der Waals surface area contributed by atoms with Crippen molar-refractivity contribution in [1.82, 2.24) is 14.8 Å². The van der Waals surface area contributed by atoms with Gasteiger partial charge in [-0.1, -0.05) is 38.1 Å². The summed E-state index contributed by atoms with van der Waals surface area (Å²) in [5, 5.41) is 10.00. The van der Waals surface area contributed by atoms with Crippen LogP contribution in [0.25, 0.3) is 11.1 Å². The van der Waals surface area contributed by atoms with Gasteiger partial charge in [0, 0.05) is 56.1 Å². The first-order chi connectivity index (χ1) is 21.1. The normalized spacial score (nSPS) is 18.9. The van der Waals surface area contributed by atoms with Crippen LogP contribution in [0.4, 0.5) is 10.1 Å². The Morgan fingerprint density at radius 1 is 0.932 bits per heavy atom. The lowest BCUT2D eigenvalue weighted by molar-refractivity contribution is -0.136. The molecule has 0 radical (unpaired) electrons. The lowest BCUT2D eigenvalue weighted by atomic mass is 9.81. The molecule has 44 heavy (non-hydrogen) atoms. The van der Waals surface area contributed by atoms with Crippen LogP contribution in [0, 0.1) is 25.1 Å². The summed E-state index contributed by atoms with van der Waals surface area (Å²) in [6.07, 6.45) is 5.51. The number of aromatic nitrogens is 1. The second kappa shape index (κ2) is 12.6. The third kappa shape index (κ3) is 6.69. The third-order valence-electron chi connectivity index (χ3n) is 10.2. The fourth-order valence-corrected chi connectivity index (χ4v) is 7.38. The van der Waals surface area contributed by atoms with Crippen LogP contribution in [-0.4, -0.2) is 58.6 Å². The first-order valence-corrected chi connectivity index (χ1v) is 16.4. The fourth-order valence-electron chi connectivity index (χ4n) is 7.38. The van der Waals surface area contributed by atoms with Crippen molar-refractivity contribution in [3.63, 3.8) is 0 Å². The van der Waals surface area contributed by atoms with E-state index in [0.29, 0.717) is 0 Å². The van der Waals surface area contributed by atoms with E-state index in [0.717, 1.165) is 111 Å². The molecule has 3 aliphatic heterocycles. The van der Waals surface area contributed by atoms with Crippen LogP contribution in [0.3, 0.4) is 0 Å². The first-order valence-electron chi connectivity index (χ1n) is 16.4. The predicted octanol–water partition coefficient (Wildman–Crippen LogP) is 6.91. The summed E-state index contributed by atoms with van der Waals surface area (Å²) in [5.74, 6) is -0.995. The molecule has 2 saturated heterocycles. The van der Waals surface area contributed by atoms with E-state index in [9.17, 15) is 14.3 Å². The number of aliphatic carboxylic acids is 1. The van der Waals surface area contributed by atoms with E-state index in [4.69, 9.17) is 4.98 Å². The molecule has 0 unspecified atom stereocenters. The molecule has 7 heteroatoms. The van der Waals surface area contributed by atoms with E-state index in [2.05, 4.69) is 46.7 Å². The van der Waals surface area contributed by atoms with Gasteiger partial charge in [0.1, 0.15) is 5.82 Å². The quantitative estimate of drug-likeness (QED) is 0.304. The van der Waals surface area contributed by atoms with Crippen molar-refractivity contribution in [1.29, 1.82) is 0 Å². The Hall–Kier alpha value is -3.29. The van der Waals surface area contributed by atoms with Crippen molar-refractivity contribution >= 4 is 11.7 Å². The summed E-state index contributed by atoms with van der Waals surface area (Å²) >= 11 is 0. The minimum absolute atomic E-state index is 0.0201. The average molecular weight is 599 g/mol. The van der Waals surface area contributed by atoms with Crippen molar-refractivity contribution in [2.75, 3.05) is 37.6 Å². The molecule has 4 heterocycles. The minimum Gasteiger partial charge on any atom is -0.481 e. The number of anilines is 1. The second-order valence-corrected chi connectivity index (χ2v) is 14.1. The zero-order valence-electron chi connectivity index (χ0n) is 26.9. The molecular weight excluding hydrogens is 551 g/mol. The van der Waals surface area contributed by atoms with Gasteiger partial charge in [-0.2, -0.15) is 0 Å². The molecule has 3 aliphatic rings. The highest BCUT2D eigenvalue weighted by Crippen LogP contribution is 2.43. The van der Waals surface area contributed by atoms with Gasteiger partial charge < -0.3 is 10.0 Å². The number of carboxylic acids is 1. The molecule has 3 aromatic rings. The molecule has 0 saturated carbocycles. The number of hydrogen-bond acceptors (Lipinski definition) is 5. The lowest BCUT2D eigenvalue weighted by Crippen LogP contribution is -2.38. The van der Waals surface area contributed by atoms with Gasteiger partial charge in [0.2, 0.25) is 0 Å². The Kier molecular flexibility index (Phi) is 8.80. The second-order valence-electron chi connectivity index (χ2n) is 14.1. The molecule has 6 nitrogen and oxygen atoms in total. The van der Waals surface area contributed by atoms with E-state index in [1.54, 1.807) is 12.1 Å². The van der Waals surface area contributed by atoms with Gasteiger partial charge >= 0.3 is 5.97 Å². The number of nitrogens with zero attached hydrogens (tertiary/aromatic N) is 4. The summed E-state index contributed by atoms with van der Waals surface area (Å²) < 4.78 is 13.7. The Balaban J connectivity index is 1.39. The average Bonchev–Trinajstić information content (AvgIpc) is 3.49. The number of rotatable bonds is 8. The molecule has 1 aromatic heterocycles. The SMILES string of the molecule is Cc1cc(F)ccc1CN1CCc2cc(-c3c(CN4CCCC4)nc(C)c(CC(=O)O)c3N3CCC(C)(C)CC3)ccc2C1. The number of fused-ring (bicyclic) bond motifs is 1. The van der Waals surface area contributed by atoms with Crippen LogP contribution >= 0.6 is 0 Å². The van der Waals surface area contributed by atoms with Crippen LogP contribution in [0.1, 0.15) is 78.7 Å². The van der Waals surface area contributed by atoms with Crippen LogP contribution in [0.5, 0.6) is 0 Å². The first kappa shape index (κ1) is 30.7. The van der Waals surface area contributed by atoms with E-state index >= 15 is 0 Å². The number of benzene rings is 2. The number of halogens is 1. The Bertz CT molecular complexity index is 1530. The number of hydrogen-bond donors (Lipinski definition) is 1. The number of likely N-dealkylation sites (tertiary alicyclic amines) is 1. The monoisotopic (exact) mass is 598 g/mol. The molecule has 1 N–H and O–H groups in total. The van der Waals surface area contributed by atoms with Gasteiger partial charge in [0.25, 0.3) is 0 Å². The van der Waals surface area contributed by atoms with Crippen molar-refractivity contribution in [2.24, 2.45) is 5.41 Å². The zero-order valence-corrected chi connectivity index (χ0v) is 26.9. The highest BCUT2D eigenvalue weighted by atomic mass is 19.1. The Morgan fingerprint density at radius 2 is 1.68 bits per heavy atom. The zero-order chi connectivity index (χ0) is 31.0. The third-order valence-corrected chi connectivity index (χ3v) is 10.2. The lowest BCUT2D eigenvalue weighted by Gasteiger charge is -2.40. The van der Waals surface area contributed by atoms with E-state index in [-0.39, 0.29) is 17.7 Å². The van der Waals surface area contributed by atoms with Crippen molar-refractivity contribution in [2.45, 2.75) is 85.9 Å². The Morgan fingerprint density at radius 3 is 2.39 bits per heavy atom. The molecule has 2 fully saturated rings. The van der Waals surface area contributed by atoms with Gasteiger partial charge in [-0.3, -0.25) is 19.6 Å². The maximum absolute atomic E-state index is 13.7. The molecule has 6 rings (SSSR count). The standard InChI is InChI=1S/C37H47FN4O2/c1-25-19-31(38)10-9-29(25)22-41-16-11-27-20-28(7-8-30(27)23-41)35-33(24-40-14-5-6-15-40)39-26(2)32(21-34(43)44)36(35)42-17-12-37(3,4)13-18-42/h7-10,19-20H,5-6,11-18,21-24H2,1-4H3,(H,43,44). The van der Waals surface area contributed by atoms with Crippen LogP contribution in [0.2, 0.25) is 0 Å². The van der Waals surface area contributed by atoms with Gasteiger partial charge in [-0.25, -0.2) is 4.39 Å². The molecule has 234 valence electrons. The summed E-state index contributed by atoms with van der Waals surface area (Å²) in [5.41, 5.74) is 11.3. The summed E-state index contributed by atoms with van der Waals surface area (Å²) in [6, 6.07) is 12.0. The minimum atomic E-state index is -0.811. The highest BCUT2D eigenvalue weighted by molar-refractivity contribution is 5.87. The maximum atomic E-state index is 13.7. The van der Waals surface area contributed by atoms with Crippen LogP contribution in [0.15, 0.2) is 36.4 Å². The van der Waals surface area contributed by atoms with Crippen LogP contribution in [-0.2, 0) is 37.3 Å². The molecular formula is C37H47FN4O2. The van der Waals surface area contributed by atoms with E-state index in [1.165, 1.54) is 29.5 Å². The van der Waals surface area contributed by atoms with Crippen molar-refractivity contribution in [3.05, 3.63) is 81.4 Å².